The van der Waals surface area contributed by atoms with E-state index in [2.05, 4.69) is 16.4 Å². The van der Waals surface area contributed by atoms with Gasteiger partial charge in [0.15, 0.2) is 0 Å². The molecule has 7 heteroatoms. The van der Waals surface area contributed by atoms with Gasteiger partial charge in [0.1, 0.15) is 0 Å². The van der Waals surface area contributed by atoms with Crippen molar-refractivity contribution in [2.45, 2.75) is 37.1 Å². The van der Waals surface area contributed by atoms with Crippen molar-refractivity contribution < 1.29 is 4.79 Å². The smallest absolute Gasteiger partial charge is 0.253 e. The van der Waals surface area contributed by atoms with Crippen LogP contribution in [-0.4, -0.2) is 23.5 Å². The summed E-state index contributed by atoms with van der Waals surface area (Å²) in [5, 5.41) is 3.93. The zero-order valence-corrected chi connectivity index (χ0v) is 20.1. The predicted molar refractivity (Wildman–Crippen MR) is 136 cm³/mol. The van der Waals surface area contributed by atoms with Crippen LogP contribution in [0.4, 0.5) is 0 Å². The van der Waals surface area contributed by atoms with Crippen LogP contribution >= 0.6 is 36.4 Å². The molecular formula is C25H28Cl3N3O. The minimum atomic E-state index is -0.0757. The number of hydrogen-bond donors (Lipinski definition) is 2. The van der Waals surface area contributed by atoms with E-state index in [0.717, 1.165) is 41.8 Å². The average molecular weight is 493 g/mol. The summed E-state index contributed by atoms with van der Waals surface area (Å²) < 4.78 is 0. The number of halogens is 3. The van der Waals surface area contributed by atoms with Crippen LogP contribution in [0.3, 0.4) is 0 Å². The van der Waals surface area contributed by atoms with Gasteiger partial charge >= 0.3 is 0 Å². The highest BCUT2D eigenvalue weighted by Crippen LogP contribution is 2.39. The van der Waals surface area contributed by atoms with E-state index in [1.807, 2.05) is 54.6 Å². The molecule has 1 aliphatic carbocycles. The van der Waals surface area contributed by atoms with E-state index in [1.165, 1.54) is 5.56 Å². The maximum absolute atomic E-state index is 12.8. The number of carbonyl (C=O) groups is 1. The van der Waals surface area contributed by atoms with E-state index in [4.69, 9.17) is 17.3 Å². The van der Waals surface area contributed by atoms with Gasteiger partial charge in [-0.25, -0.2) is 0 Å². The molecule has 0 saturated heterocycles. The van der Waals surface area contributed by atoms with Gasteiger partial charge in [0.2, 0.25) is 0 Å². The molecule has 1 saturated carbocycles. The van der Waals surface area contributed by atoms with Crippen molar-refractivity contribution >= 4 is 42.3 Å². The number of aromatic nitrogens is 1. The number of hydrogen-bond acceptors (Lipinski definition) is 3. The van der Waals surface area contributed by atoms with Gasteiger partial charge in [0, 0.05) is 41.0 Å². The van der Waals surface area contributed by atoms with Crippen LogP contribution in [0.2, 0.25) is 5.02 Å². The lowest BCUT2D eigenvalue weighted by molar-refractivity contribution is 0.0917. The average Bonchev–Trinajstić information content (AvgIpc) is 2.80. The Kier molecular flexibility index (Phi) is 9.53. The first kappa shape index (κ1) is 26.1. The van der Waals surface area contributed by atoms with E-state index in [9.17, 15) is 4.79 Å². The molecule has 32 heavy (non-hydrogen) atoms. The Balaban J connectivity index is 0.00000181. The van der Waals surface area contributed by atoms with Crippen molar-refractivity contribution in [3.05, 3.63) is 89.2 Å². The Labute approximate surface area is 206 Å². The van der Waals surface area contributed by atoms with E-state index in [-0.39, 0.29) is 42.2 Å². The third-order valence-corrected chi connectivity index (χ3v) is 6.45. The lowest BCUT2D eigenvalue weighted by atomic mass is 9.68. The van der Waals surface area contributed by atoms with Crippen molar-refractivity contribution in [1.29, 1.82) is 0 Å². The maximum atomic E-state index is 12.8. The van der Waals surface area contributed by atoms with Crippen molar-refractivity contribution in [3.63, 3.8) is 0 Å². The first-order valence-corrected chi connectivity index (χ1v) is 10.7. The van der Waals surface area contributed by atoms with Crippen LogP contribution in [-0.2, 0) is 5.41 Å². The third kappa shape index (κ3) is 5.81. The normalized spacial score (nSPS) is 19.9. The number of amides is 1. The molecule has 1 aliphatic rings. The summed E-state index contributed by atoms with van der Waals surface area (Å²) in [6, 6.07) is 20.0. The molecular weight excluding hydrogens is 465 g/mol. The molecule has 1 amide bonds. The number of benzene rings is 2. The second-order valence-corrected chi connectivity index (χ2v) is 8.51. The second-order valence-electron chi connectivity index (χ2n) is 8.07. The Morgan fingerprint density at radius 3 is 2.38 bits per heavy atom. The van der Waals surface area contributed by atoms with Gasteiger partial charge in [-0.1, -0.05) is 54.1 Å². The molecule has 0 bridgehead atoms. The Morgan fingerprint density at radius 1 is 1.00 bits per heavy atom. The molecule has 3 N–H and O–H groups in total. The molecule has 1 fully saturated rings. The quantitative estimate of drug-likeness (QED) is 0.472. The van der Waals surface area contributed by atoms with Crippen LogP contribution < -0.4 is 11.1 Å². The molecule has 0 spiro atoms. The van der Waals surface area contributed by atoms with Crippen LogP contribution in [0.5, 0.6) is 0 Å². The van der Waals surface area contributed by atoms with Crippen molar-refractivity contribution in [3.8, 4) is 11.1 Å². The molecule has 4 rings (SSSR count). The fourth-order valence-electron chi connectivity index (χ4n) is 4.37. The van der Waals surface area contributed by atoms with Crippen LogP contribution in [0.25, 0.3) is 11.1 Å². The van der Waals surface area contributed by atoms with Gasteiger partial charge in [0.25, 0.3) is 5.91 Å². The lowest BCUT2D eigenvalue weighted by Crippen LogP contribution is -2.45. The first-order chi connectivity index (χ1) is 14.6. The van der Waals surface area contributed by atoms with E-state index >= 15 is 0 Å². The van der Waals surface area contributed by atoms with Gasteiger partial charge in [-0.2, -0.15) is 0 Å². The Bertz CT molecular complexity index is 1020. The zero-order valence-electron chi connectivity index (χ0n) is 17.7. The number of carbonyl (C=O) groups excluding carboxylic acids is 1. The molecule has 0 aliphatic heterocycles. The molecule has 0 unspecified atom stereocenters. The summed E-state index contributed by atoms with van der Waals surface area (Å²) in [5.41, 5.74) is 9.89. The van der Waals surface area contributed by atoms with Gasteiger partial charge in [-0.3, -0.25) is 9.78 Å². The standard InChI is InChI=1S/C25H26ClN3O.2ClH/c26-22-8-4-7-21(14-22)25(17-27)11-9-23(10-12-25)29-24(30)20-13-19(15-28-16-20)18-5-2-1-3-6-18;;/h1-8,13-16,23H,9-12,17,27H2,(H,29,30);2*1H/t23-,25+;;. The first-order valence-electron chi connectivity index (χ1n) is 10.4. The van der Waals surface area contributed by atoms with Crippen LogP contribution in [0.15, 0.2) is 73.1 Å². The molecule has 1 heterocycles. The summed E-state index contributed by atoms with van der Waals surface area (Å²) in [4.78, 5) is 17.1. The zero-order chi connectivity index (χ0) is 21.0. The van der Waals surface area contributed by atoms with E-state index < -0.39 is 0 Å². The Morgan fingerprint density at radius 2 is 1.72 bits per heavy atom. The van der Waals surface area contributed by atoms with Crippen LogP contribution in [0.1, 0.15) is 41.6 Å². The molecule has 4 nitrogen and oxygen atoms in total. The monoisotopic (exact) mass is 491 g/mol. The number of pyridine rings is 1. The number of nitrogens with two attached hydrogens (primary N) is 1. The molecule has 0 atom stereocenters. The van der Waals surface area contributed by atoms with Gasteiger partial charge in [-0.05, 0) is 55.0 Å². The summed E-state index contributed by atoms with van der Waals surface area (Å²) in [5.74, 6) is -0.0757. The van der Waals surface area contributed by atoms with E-state index in [1.54, 1.807) is 12.4 Å². The third-order valence-electron chi connectivity index (χ3n) is 6.21. The number of rotatable bonds is 5. The Hall–Kier alpha value is -2.11. The largest absolute Gasteiger partial charge is 0.349 e. The molecule has 3 aromatic rings. The minimum absolute atomic E-state index is 0. The van der Waals surface area contributed by atoms with Crippen LogP contribution in [0, 0.1) is 0 Å². The molecule has 2 aromatic carbocycles. The fourth-order valence-corrected chi connectivity index (χ4v) is 4.56. The molecule has 1 aromatic heterocycles. The SMILES string of the molecule is Cl.Cl.NC[C@]1(c2cccc(Cl)c2)CC[C@@H](NC(=O)c2cncc(-c3ccccc3)c2)CC1. The van der Waals surface area contributed by atoms with Crippen molar-refractivity contribution in [2.75, 3.05) is 6.54 Å². The molecule has 0 radical (unpaired) electrons. The summed E-state index contributed by atoms with van der Waals surface area (Å²) >= 11 is 6.20. The highest BCUT2D eigenvalue weighted by atomic mass is 35.5. The van der Waals surface area contributed by atoms with Crippen molar-refractivity contribution in [1.82, 2.24) is 10.3 Å². The predicted octanol–water partition coefficient (Wildman–Crippen LogP) is 5.81. The fraction of sp³-hybridized carbons (Fsp3) is 0.280. The number of nitrogens with one attached hydrogen (secondary N) is 1. The number of nitrogens with zero attached hydrogens (tertiary/aromatic N) is 1. The second kappa shape index (κ2) is 11.7. The summed E-state index contributed by atoms with van der Waals surface area (Å²) in [6.45, 7) is 0.580. The summed E-state index contributed by atoms with van der Waals surface area (Å²) in [6.07, 6.45) is 7.05. The lowest BCUT2D eigenvalue weighted by Gasteiger charge is -2.40. The topological polar surface area (TPSA) is 68.0 Å². The van der Waals surface area contributed by atoms with Gasteiger partial charge in [0.05, 0.1) is 5.56 Å². The highest BCUT2D eigenvalue weighted by molar-refractivity contribution is 6.30. The van der Waals surface area contributed by atoms with Gasteiger partial charge in [-0.15, -0.1) is 24.8 Å². The molecule has 170 valence electrons. The van der Waals surface area contributed by atoms with E-state index in [0.29, 0.717) is 12.1 Å². The van der Waals surface area contributed by atoms with Gasteiger partial charge < -0.3 is 11.1 Å². The minimum Gasteiger partial charge on any atom is -0.349 e. The highest BCUT2D eigenvalue weighted by Gasteiger charge is 2.36. The summed E-state index contributed by atoms with van der Waals surface area (Å²) in [7, 11) is 0. The van der Waals surface area contributed by atoms with Crippen molar-refractivity contribution in [2.24, 2.45) is 5.73 Å². The maximum Gasteiger partial charge on any atom is 0.253 e.